The Morgan fingerprint density at radius 3 is 2.77 bits per heavy atom. The van der Waals surface area contributed by atoms with Gasteiger partial charge in [0, 0.05) is 11.3 Å². The predicted octanol–water partition coefficient (Wildman–Crippen LogP) is 5.42. The Labute approximate surface area is 185 Å². The second-order valence-corrected chi connectivity index (χ2v) is 7.41. The molecule has 1 N–H and O–H groups in total. The highest BCUT2D eigenvalue weighted by atomic mass is 32.2. The Morgan fingerprint density at radius 2 is 1.97 bits per heavy atom. The van der Waals surface area contributed by atoms with E-state index in [2.05, 4.69) is 4.98 Å². The van der Waals surface area contributed by atoms with E-state index in [4.69, 9.17) is 23.4 Å². The highest BCUT2D eigenvalue weighted by Crippen LogP contribution is 2.36. The molecule has 31 heavy (non-hydrogen) atoms. The second kappa shape index (κ2) is 10.8. The SMILES string of the molecule is CC.Cc1oc(-c2ccc3c(c2)OCO3)nc1Cc1ccc(/C=C/CSCC(=O)O)o1. The predicted molar refractivity (Wildman–Crippen MR) is 120 cm³/mol. The number of aromatic nitrogens is 1. The van der Waals surface area contributed by atoms with Gasteiger partial charge in [0.05, 0.1) is 17.9 Å². The molecule has 0 bridgehead atoms. The Balaban J connectivity index is 0.00000132. The number of aliphatic carboxylic acids is 1. The lowest BCUT2D eigenvalue weighted by Gasteiger charge is -1.98. The van der Waals surface area contributed by atoms with Crippen molar-refractivity contribution in [3.63, 3.8) is 0 Å². The van der Waals surface area contributed by atoms with Crippen LogP contribution in [0.5, 0.6) is 11.5 Å². The average Bonchev–Trinajstić information content (AvgIpc) is 3.49. The smallest absolute Gasteiger partial charge is 0.313 e. The van der Waals surface area contributed by atoms with Crippen molar-refractivity contribution in [2.75, 3.05) is 18.3 Å². The van der Waals surface area contributed by atoms with E-state index in [1.54, 1.807) is 0 Å². The molecule has 0 aliphatic carbocycles. The van der Waals surface area contributed by atoms with Crippen LogP contribution in [0.4, 0.5) is 0 Å². The molecule has 2 aromatic heterocycles. The van der Waals surface area contributed by atoms with E-state index in [1.807, 2.05) is 63.3 Å². The van der Waals surface area contributed by atoms with E-state index in [-0.39, 0.29) is 12.5 Å². The third kappa shape index (κ3) is 5.95. The quantitative estimate of drug-likeness (QED) is 0.461. The van der Waals surface area contributed by atoms with Crippen molar-refractivity contribution in [1.29, 1.82) is 0 Å². The molecular weight excluding hydrogens is 418 g/mol. The number of aryl methyl sites for hydroxylation is 1. The fourth-order valence-corrected chi connectivity index (χ4v) is 3.39. The molecule has 0 atom stereocenters. The Kier molecular flexibility index (Phi) is 7.83. The summed E-state index contributed by atoms with van der Waals surface area (Å²) in [6, 6.07) is 9.37. The lowest BCUT2D eigenvalue weighted by atomic mass is 10.2. The van der Waals surface area contributed by atoms with Crippen molar-refractivity contribution in [3.05, 3.63) is 59.4 Å². The van der Waals surface area contributed by atoms with Gasteiger partial charge in [0.2, 0.25) is 12.7 Å². The van der Waals surface area contributed by atoms with Crippen LogP contribution in [-0.4, -0.2) is 34.4 Å². The summed E-state index contributed by atoms with van der Waals surface area (Å²) in [6.45, 7) is 6.10. The summed E-state index contributed by atoms with van der Waals surface area (Å²) in [5.41, 5.74) is 1.63. The number of carboxylic acids is 1. The maximum absolute atomic E-state index is 10.5. The van der Waals surface area contributed by atoms with Crippen molar-refractivity contribution in [3.8, 4) is 23.0 Å². The van der Waals surface area contributed by atoms with Gasteiger partial charge < -0.3 is 23.4 Å². The van der Waals surface area contributed by atoms with E-state index in [1.165, 1.54) is 11.8 Å². The largest absolute Gasteiger partial charge is 0.481 e. The molecule has 0 spiro atoms. The van der Waals surface area contributed by atoms with Crippen LogP contribution in [0.25, 0.3) is 17.5 Å². The molecule has 3 aromatic rings. The summed E-state index contributed by atoms with van der Waals surface area (Å²) in [4.78, 5) is 15.1. The van der Waals surface area contributed by atoms with E-state index in [9.17, 15) is 4.79 Å². The van der Waals surface area contributed by atoms with Crippen LogP contribution in [0.2, 0.25) is 0 Å². The minimum absolute atomic E-state index is 0.0882. The molecule has 164 valence electrons. The monoisotopic (exact) mass is 443 g/mol. The molecule has 8 heteroatoms. The van der Waals surface area contributed by atoms with E-state index >= 15 is 0 Å². The third-order valence-corrected chi connectivity index (χ3v) is 5.14. The number of oxazole rings is 1. The molecular formula is C23H25NO6S. The molecule has 0 radical (unpaired) electrons. The highest BCUT2D eigenvalue weighted by Gasteiger charge is 2.18. The van der Waals surface area contributed by atoms with Crippen LogP contribution < -0.4 is 9.47 Å². The Hall–Kier alpha value is -3.13. The zero-order valence-corrected chi connectivity index (χ0v) is 18.5. The summed E-state index contributed by atoms with van der Waals surface area (Å²) in [5.74, 6) is 4.04. The van der Waals surface area contributed by atoms with Crippen LogP contribution >= 0.6 is 11.8 Å². The van der Waals surface area contributed by atoms with Gasteiger partial charge >= 0.3 is 5.97 Å². The first-order valence-corrected chi connectivity index (χ1v) is 11.1. The third-order valence-electron chi connectivity index (χ3n) is 4.26. The minimum Gasteiger partial charge on any atom is -0.481 e. The number of carbonyl (C=O) groups is 1. The molecule has 1 aromatic carbocycles. The van der Waals surface area contributed by atoms with Crippen LogP contribution in [0, 0.1) is 6.92 Å². The summed E-state index contributed by atoms with van der Waals surface area (Å²) < 4.78 is 22.4. The minimum atomic E-state index is -0.813. The number of furan rings is 1. The summed E-state index contributed by atoms with van der Waals surface area (Å²) in [6.07, 6.45) is 4.24. The molecule has 0 saturated carbocycles. The van der Waals surface area contributed by atoms with Crippen LogP contribution in [0.1, 0.15) is 36.8 Å². The molecule has 7 nitrogen and oxygen atoms in total. The lowest BCUT2D eigenvalue weighted by molar-refractivity contribution is -0.133. The van der Waals surface area contributed by atoms with Gasteiger partial charge in [-0.1, -0.05) is 19.9 Å². The van der Waals surface area contributed by atoms with Gasteiger partial charge in [0.1, 0.15) is 17.3 Å². The molecule has 3 heterocycles. The molecule has 0 unspecified atom stereocenters. The zero-order chi connectivity index (χ0) is 22.2. The fraction of sp³-hybridized carbons (Fsp3) is 0.304. The first-order valence-electron chi connectivity index (χ1n) is 9.99. The Morgan fingerprint density at radius 1 is 1.16 bits per heavy atom. The van der Waals surface area contributed by atoms with Crippen LogP contribution in [0.3, 0.4) is 0 Å². The van der Waals surface area contributed by atoms with E-state index in [0.29, 0.717) is 29.6 Å². The van der Waals surface area contributed by atoms with E-state index < -0.39 is 5.97 Å². The van der Waals surface area contributed by atoms with Crippen LogP contribution in [0.15, 0.2) is 45.2 Å². The summed E-state index contributed by atoms with van der Waals surface area (Å²) in [7, 11) is 0. The normalized spacial score (nSPS) is 12.1. The molecule has 4 rings (SSSR count). The molecule has 1 aliphatic heterocycles. The number of hydrogen-bond acceptors (Lipinski definition) is 7. The topological polar surface area (TPSA) is 94.9 Å². The maximum atomic E-state index is 10.5. The van der Waals surface area contributed by atoms with Gasteiger partial charge in [0.25, 0.3) is 0 Å². The number of rotatable bonds is 8. The van der Waals surface area contributed by atoms with Crippen molar-refractivity contribution in [2.24, 2.45) is 0 Å². The second-order valence-electron chi connectivity index (χ2n) is 6.38. The summed E-state index contributed by atoms with van der Waals surface area (Å²) >= 11 is 1.33. The van der Waals surface area contributed by atoms with Crippen molar-refractivity contribution < 1.29 is 28.2 Å². The molecule has 0 fully saturated rings. The van der Waals surface area contributed by atoms with Gasteiger partial charge in [-0.25, -0.2) is 4.98 Å². The van der Waals surface area contributed by atoms with Gasteiger partial charge in [0.15, 0.2) is 11.5 Å². The van der Waals surface area contributed by atoms with Gasteiger partial charge in [-0.05, 0) is 43.3 Å². The van der Waals surface area contributed by atoms with Crippen molar-refractivity contribution in [1.82, 2.24) is 4.98 Å². The molecule has 0 saturated heterocycles. The number of ether oxygens (including phenoxy) is 2. The standard InChI is InChI=1S/C21H19NO6S.C2H6/c1-13-17(10-16-6-5-15(28-16)3-2-8-29-11-20(23)24)22-21(27-13)14-4-7-18-19(9-14)26-12-25-18;1-2/h2-7,9H,8,10-12H2,1H3,(H,23,24);1-2H3/b3-2+;. The number of carboxylic acid groups (broad SMARTS) is 1. The van der Waals surface area contributed by atoms with Gasteiger partial charge in [-0.15, -0.1) is 11.8 Å². The number of hydrogen-bond donors (Lipinski definition) is 1. The van der Waals surface area contributed by atoms with Crippen molar-refractivity contribution >= 4 is 23.8 Å². The lowest BCUT2D eigenvalue weighted by Crippen LogP contribution is -1.97. The molecule has 0 amide bonds. The molecule has 1 aliphatic rings. The number of fused-ring (bicyclic) bond motifs is 1. The summed E-state index contributed by atoms with van der Waals surface area (Å²) in [5, 5.41) is 8.62. The first-order chi connectivity index (χ1) is 15.1. The average molecular weight is 444 g/mol. The van der Waals surface area contributed by atoms with E-state index in [0.717, 1.165) is 28.5 Å². The van der Waals surface area contributed by atoms with Crippen LogP contribution in [-0.2, 0) is 11.2 Å². The van der Waals surface area contributed by atoms with Gasteiger partial charge in [-0.3, -0.25) is 4.79 Å². The zero-order valence-electron chi connectivity index (χ0n) is 17.7. The number of benzene rings is 1. The fourth-order valence-electron chi connectivity index (χ4n) is 2.87. The Bertz CT molecular complexity index is 1050. The van der Waals surface area contributed by atoms with Crippen molar-refractivity contribution in [2.45, 2.75) is 27.2 Å². The first kappa shape index (κ1) is 22.6. The number of nitrogens with zero attached hydrogens (tertiary/aromatic N) is 1. The maximum Gasteiger partial charge on any atom is 0.313 e. The van der Waals surface area contributed by atoms with Gasteiger partial charge in [-0.2, -0.15) is 0 Å². The number of thioether (sulfide) groups is 1. The highest BCUT2D eigenvalue weighted by molar-refractivity contribution is 8.00.